The monoisotopic (exact) mass is 493 g/mol. The predicted molar refractivity (Wildman–Crippen MR) is 139 cm³/mol. The van der Waals surface area contributed by atoms with E-state index in [9.17, 15) is 5.11 Å². The summed E-state index contributed by atoms with van der Waals surface area (Å²) in [6.45, 7) is 7.91. The third kappa shape index (κ3) is 4.59. The third-order valence-electron chi connectivity index (χ3n) is 7.67. The first kappa shape index (κ1) is 24.7. The van der Waals surface area contributed by atoms with Gasteiger partial charge < -0.3 is 14.8 Å². The summed E-state index contributed by atoms with van der Waals surface area (Å²) in [5.74, 6) is 1.21. The molecule has 5 rings (SSSR count). The van der Waals surface area contributed by atoms with Crippen LogP contribution in [-0.2, 0) is 0 Å². The maximum absolute atomic E-state index is 16.2. The molecule has 0 bridgehead atoms. The number of hydrogen-bond acceptors (Lipinski definition) is 5. The van der Waals surface area contributed by atoms with Gasteiger partial charge in [0.25, 0.3) is 0 Å². The Morgan fingerprint density at radius 1 is 1.22 bits per heavy atom. The average Bonchev–Trinajstić information content (AvgIpc) is 3.47. The lowest BCUT2D eigenvalue weighted by atomic mass is 9.77. The second-order valence-corrected chi connectivity index (χ2v) is 11.2. The molecule has 1 aliphatic carbocycles. The topological polar surface area (TPSA) is 88.3 Å². The van der Waals surface area contributed by atoms with E-state index in [0.29, 0.717) is 33.9 Å². The lowest BCUT2D eigenvalue weighted by Crippen LogP contribution is -2.22. The zero-order valence-electron chi connectivity index (χ0n) is 21.8. The molecule has 1 saturated carbocycles. The zero-order chi connectivity index (χ0) is 25.6. The summed E-state index contributed by atoms with van der Waals surface area (Å²) in [5, 5.41) is 15.0. The molecule has 0 atom stereocenters. The van der Waals surface area contributed by atoms with Gasteiger partial charge in [0.05, 0.1) is 35.8 Å². The Bertz CT molecular complexity index is 1380. The highest BCUT2D eigenvalue weighted by Gasteiger charge is 2.29. The van der Waals surface area contributed by atoms with Crippen LogP contribution >= 0.6 is 0 Å². The van der Waals surface area contributed by atoms with Crippen molar-refractivity contribution in [3.8, 4) is 17.0 Å². The third-order valence-corrected chi connectivity index (χ3v) is 7.67. The number of aliphatic hydroxyl groups is 1. The van der Waals surface area contributed by atoms with E-state index >= 15 is 4.39 Å². The molecule has 2 N–H and O–H groups in total. The van der Waals surface area contributed by atoms with Crippen LogP contribution in [0, 0.1) is 11.7 Å². The van der Waals surface area contributed by atoms with Gasteiger partial charge in [0.15, 0.2) is 17.2 Å². The quantitative estimate of drug-likeness (QED) is 0.312. The highest BCUT2D eigenvalue weighted by atomic mass is 19.1. The van der Waals surface area contributed by atoms with Gasteiger partial charge in [-0.3, -0.25) is 4.98 Å². The van der Waals surface area contributed by atoms with Crippen molar-refractivity contribution in [2.75, 3.05) is 7.11 Å². The van der Waals surface area contributed by atoms with Crippen LogP contribution in [0.3, 0.4) is 0 Å². The summed E-state index contributed by atoms with van der Waals surface area (Å²) in [6, 6.07) is 1.92. The van der Waals surface area contributed by atoms with Crippen LogP contribution < -0.4 is 4.74 Å². The lowest BCUT2D eigenvalue weighted by Gasteiger charge is -2.30. The number of nitrogens with one attached hydrogen (secondary N) is 1. The minimum atomic E-state index is -0.628. The number of pyridine rings is 2. The minimum absolute atomic E-state index is 0.0912. The Morgan fingerprint density at radius 2 is 1.97 bits per heavy atom. The van der Waals surface area contributed by atoms with Crippen molar-refractivity contribution in [1.29, 1.82) is 0 Å². The zero-order valence-corrected chi connectivity index (χ0v) is 21.8. The molecule has 0 spiro atoms. The average molecular weight is 494 g/mol. The highest BCUT2D eigenvalue weighted by molar-refractivity contribution is 5.92. The Hall–Kier alpha value is -3.00. The number of fused-ring (bicyclic) bond motifs is 2. The van der Waals surface area contributed by atoms with Crippen molar-refractivity contribution in [2.24, 2.45) is 5.92 Å². The molecule has 0 radical (unpaired) electrons. The van der Waals surface area contributed by atoms with Crippen LogP contribution in [-0.4, -0.2) is 42.4 Å². The van der Waals surface area contributed by atoms with Crippen molar-refractivity contribution in [2.45, 2.75) is 83.7 Å². The molecule has 0 aliphatic heterocycles. The number of rotatable bonds is 7. The number of nitrogens with zero attached hydrogens (tertiary/aromatic N) is 4. The summed E-state index contributed by atoms with van der Waals surface area (Å²) in [6.07, 6.45) is 10.9. The van der Waals surface area contributed by atoms with Crippen LogP contribution in [0.5, 0.6) is 5.75 Å². The van der Waals surface area contributed by atoms with E-state index in [2.05, 4.69) is 33.9 Å². The van der Waals surface area contributed by atoms with Crippen molar-refractivity contribution < 1.29 is 14.2 Å². The van der Waals surface area contributed by atoms with Gasteiger partial charge in [-0.15, -0.1) is 0 Å². The van der Waals surface area contributed by atoms with Crippen molar-refractivity contribution in [3.05, 3.63) is 41.9 Å². The Labute approximate surface area is 211 Å². The van der Waals surface area contributed by atoms with E-state index in [4.69, 9.17) is 4.74 Å². The van der Waals surface area contributed by atoms with Gasteiger partial charge in [0.2, 0.25) is 0 Å². The largest absolute Gasteiger partial charge is 0.493 e. The molecule has 0 aromatic carbocycles. The minimum Gasteiger partial charge on any atom is -0.493 e. The van der Waals surface area contributed by atoms with Gasteiger partial charge in [-0.05, 0) is 75.8 Å². The van der Waals surface area contributed by atoms with E-state index in [0.717, 1.165) is 55.3 Å². The molecule has 4 heterocycles. The SMILES string of the molecule is COc1cc(-c2[nH]c3cnc(C4CCC(CCC(C)(C)O)CC4)c(F)c3c2C(C)C)cn2ncnc12. The van der Waals surface area contributed by atoms with Crippen LogP contribution in [0.15, 0.2) is 24.8 Å². The molecule has 0 unspecified atom stereocenters. The fourth-order valence-electron chi connectivity index (χ4n) is 5.74. The predicted octanol–water partition coefficient (Wildman–Crippen LogP) is 6.37. The van der Waals surface area contributed by atoms with E-state index in [1.165, 1.54) is 6.33 Å². The molecule has 7 nitrogen and oxygen atoms in total. The fourth-order valence-corrected chi connectivity index (χ4v) is 5.74. The Kier molecular flexibility index (Phi) is 6.49. The molecule has 192 valence electrons. The van der Waals surface area contributed by atoms with E-state index in [1.807, 2.05) is 26.1 Å². The highest BCUT2D eigenvalue weighted by Crippen LogP contribution is 2.42. The summed E-state index contributed by atoms with van der Waals surface area (Å²) in [5.41, 5.74) is 3.94. The molecule has 4 aromatic rings. The first-order valence-corrected chi connectivity index (χ1v) is 13.0. The number of aromatic amines is 1. The number of methoxy groups -OCH3 is 1. The Balaban J connectivity index is 1.50. The van der Waals surface area contributed by atoms with Gasteiger partial charge >= 0.3 is 0 Å². The van der Waals surface area contributed by atoms with Crippen LogP contribution in [0.4, 0.5) is 4.39 Å². The maximum atomic E-state index is 16.2. The summed E-state index contributed by atoms with van der Waals surface area (Å²) < 4.78 is 23.4. The maximum Gasteiger partial charge on any atom is 0.197 e. The fraction of sp³-hybridized carbons (Fsp3) is 0.536. The van der Waals surface area contributed by atoms with Gasteiger partial charge in [-0.25, -0.2) is 13.9 Å². The van der Waals surface area contributed by atoms with Crippen LogP contribution in [0.2, 0.25) is 0 Å². The second kappa shape index (κ2) is 9.47. The van der Waals surface area contributed by atoms with Crippen LogP contribution in [0.1, 0.15) is 89.3 Å². The number of H-pyrrole nitrogens is 1. The normalized spacial score (nSPS) is 19.0. The standard InChI is InChI=1S/C28H36FN5O2/c1-16(2)22-23-20(33-25(22)19-12-21(36-5)27-31-15-32-34(27)14-19)13-30-26(24(23)29)18-8-6-17(7-9-18)10-11-28(3,4)35/h12-18,33,35H,6-11H2,1-5H3. The van der Waals surface area contributed by atoms with Gasteiger partial charge in [-0.1, -0.05) is 13.8 Å². The Morgan fingerprint density at radius 3 is 2.64 bits per heavy atom. The first-order chi connectivity index (χ1) is 17.2. The molecule has 4 aromatic heterocycles. The summed E-state index contributed by atoms with van der Waals surface area (Å²) in [7, 11) is 1.61. The van der Waals surface area contributed by atoms with E-state index < -0.39 is 5.60 Å². The summed E-state index contributed by atoms with van der Waals surface area (Å²) in [4.78, 5) is 12.3. The molecule has 1 fully saturated rings. The van der Waals surface area contributed by atoms with Crippen molar-refractivity contribution >= 4 is 16.6 Å². The molecule has 36 heavy (non-hydrogen) atoms. The lowest BCUT2D eigenvalue weighted by molar-refractivity contribution is 0.0607. The van der Waals surface area contributed by atoms with Gasteiger partial charge in [0.1, 0.15) is 6.33 Å². The van der Waals surface area contributed by atoms with Crippen molar-refractivity contribution in [3.63, 3.8) is 0 Å². The number of hydrogen-bond donors (Lipinski definition) is 2. The van der Waals surface area contributed by atoms with E-state index in [1.54, 1.807) is 17.8 Å². The molecule has 1 aliphatic rings. The molecule has 8 heteroatoms. The molecular formula is C28H36FN5O2. The molecule has 0 amide bonds. The second-order valence-electron chi connectivity index (χ2n) is 11.2. The number of aromatic nitrogens is 5. The summed E-state index contributed by atoms with van der Waals surface area (Å²) >= 11 is 0. The van der Waals surface area contributed by atoms with Crippen LogP contribution in [0.25, 0.3) is 27.8 Å². The van der Waals surface area contributed by atoms with E-state index in [-0.39, 0.29) is 17.7 Å². The van der Waals surface area contributed by atoms with Crippen molar-refractivity contribution in [1.82, 2.24) is 24.6 Å². The van der Waals surface area contributed by atoms with Gasteiger partial charge in [-0.2, -0.15) is 5.10 Å². The molecule has 0 saturated heterocycles. The number of ether oxygens (including phenoxy) is 1. The molecular weight excluding hydrogens is 457 g/mol. The number of halogens is 1. The smallest absolute Gasteiger partial charge is 0.197 e. The van der Waals surface area contributed by atoms with Gasteiger partial charge in [0, 0.05) is 23.1 Å². The first-order valence-electron chi connectivity index (χ1n) is 13.0.